The van der Waals surface area contributed by atoms with Crippen LogP contribution in [-0.2, 0) is 19.6 Å². The maximum atomic E-state index is 12.3. The van der Waals surface area contributed by atoms with E-state index in [1.165, 1.54) is 26.2 Å². The van der Waals surface area contributed by atoms with Crippen LogP contribution >= 0.6 is 0 Å². The van der Waals surface area contributed by atoms with Gasteiger partial charge >= 0.3 is 0 Å². The molecule has 0 spiro atoms. The lowest BCUT2D eigenvalue weighted by molar-refractivity contribution is -0.913. The van der Waals surface area contributed by atoms with Crippen LogP contribution in [0.3, 0.4) is 0 Å². The molecule has 0 aliphatic carbocycles. The Labute approximate surface area is 148 Å². The summed E-state index contributed by atoms with van der Waals surface area (Å²) in [7, 11) is -0.669. The summed E-state index contributed by atoms with van der Waals surface area (Å²) in [6.07, 6.45) is 2.57. The second-order valence-corrected chi connectivity index (χ2v) is 8.55. The summed E-state index contributed by atoms with van der Waals surface area (Å²) in [6.45, 7) is 0.842. The zero-order valence-corrected chi connectivity index (χ0v) is 15.3. The van der Waals surface area contributed by atoms with Crippen LogP contribution in [0.4, 0.5) is 5.69 Å². The second-order valence-electron chi connectivity index (χ2n) is 6.40. The highest BCUT2D eigenvalue weighted by Crippen LogP contribution is 2.17. The average Bonchev–Trinajstić information content (AvgIpc) is 2.55. The number of nitrogens with one attached hydrogen (secondary N) is 2. The Balaban J connectivity index is 2.07. The van der Waals surface area contributed by atoms with E-state index in [2.05, 4.69) is 5.32 Å². The van der Waals surface area contributed by atoms with E-state index in [9.17, 15) is 18.0 Å². The number of sulfonamides is 1. The van der Waals surface area contributed by atoms with Crippen LogP contribution in [-0.4, -0.2) is 57.8 Å². The number of carbonyl (C=O) groups excluding carboxylic acids is 2. The van der Waals surface area contributed by atoms with Gasteiger partial charge in [-0.2, -0.15) is 0 Å². The fraction of sp³-hybridized carbons (Fsp3) is 0.500. The minimum absolute atomic E-state index is 0.107. The quantitative estimate of drug-likeness (QED) is 0.584. The third-order valence-corrected chi connectivity index (χ3v) is 6.17. The van der Waals surface area contributed by atoms with Crippen LogP contribution in [0, 0.1) is 0 Å². The molecule has 4 N–H and O–H groups in total. The van der Waals surface area contributed by atoms with E-state index < -0.39 is 10.0 Å². The third kappa shape index (κ3) is 4.77. The maximum Gasteiger partial charge on any atom is 0.279 e. The standard InChI is InChI=1S/C16H24N4O4S/c1-19(2)25(23,24)13-7-5-6-12(10-13)18-15(21)11-20-9-4-3-8-14(20)16(17)22/h5-7,10,14H,3-4,8-9,11H2,1-2H3,(H2,17,22)(H,18,21)/p+1/t14-/m1/s1. The van der Waals surface area contributed by atoms with Crippen molar-refractivity contribution in [1.29, 1.82) is 0 Å². The number of benzene rings is 1. The Morgan fingerprint density at radius 1 is 1.32 bits per heavy atom. The molecular formula is C16H25N4O4S+. The normalized spacial score (nSPS) is 21.1. The van der Waals surface area contributed by atoms with Crippen LogP contribution in [0.1, 0.15) is 19.3 Å². The molecule has 1 aliphatic heterocycles. The van der Waals surface area contributed by atoms with Crippen LogP contribution in [0.25, 0.3) is 0 Å². The molecule has 2 rings (SSSR count). The summed E-state index contributed by atoms with van der Waals surface area (Å²) in [5, 5.41) is 2.71. The fourth-order valence-electron chi connectivity index (χ4n) is 2.99. The highest BCUT2D eigenvalue weighted by atomic mass is 32.2. The lowest BCUT2D eigenvalue weighted by Crippen LogP contribution is -3.18. The predicted molar refractivity (Wildman–Crippen MR) is 93.5 cm³/mol. The van der Waals surface area contributed by atoms with Crippen molar-refractivity contribution in [2.75, 3.05) is 32.5 Å². The maximum absolute atomic E-state index is 12.3. The van der Waals surface area contributed by atoms with Gasteiger partial charge in [0.1, 0.15) is 0 Å². The third-order valence-electron chi connectivity index (χ3n) is 4.36. The molecule has 1 unspecified atom stereocenters. The van der Waals surface area contributed by atoms with E-state index in [0.717, 1.165) is 28.6 Å². The number of likely N-dealkylation sites (tertiary alicyclic amines) is 1. The highest BCUT2D eigenvalue weighted by molar-refractivity contribution is 7.89. The number of hydrogen-bond acceptors (Lipinski definition) is 4. The molecule has 2 atom stereocenters. The molecular weight excluding hydrogens is 344 g/mol. The molecule has 138 valence electrons. The van der Waals surface area contributed by atoms with Gasteiger partial charge in [0.05, 0.1) is 11.4 Å². The number of nitrogens with zero attached hydrogens (tertiary/aromatic N) is 1. The monoisotopic (exact) mass is 369 g/mol. The van der Waals surface area contributed by atoms with Crippen molar-refractivity contribution in [1.82, 2.24) is 4.31 Å². The first-order chi connectivity index (χ1) is 11.7. The van der Waals surface area contributed by atoms with Gasteiger partial charge in [-0.3, -0.25) is 9.59 Å². The van der Waals surface area contributed by atoms with Gasteiger partial charge in [-0.05, 0) is 31.0 Å². The largest absolute Gasteiger partial charge is 0.365 e. The van der Waals surface area contributed by atoms with E-state index in [1.807, 2.05) is 0 Å². The van der Waals surface area contributed by atoms with Gasteiger partial charge in [-0.15, -0.1) is 0 Å². The fourth-order valence-corrected chi connectivity index (χ4v) is 3.94. The topological polar surface area (TPSA) is 114 Å². The molecule has 1 aromatic carbocycles. The summed E-state index contributed by atoms with van der Waals surface area (Å²) in [4.78, 5) is 24.8. The van der Waals surface area contributed by atoms with Gasteiger partial charge in [0.2, 0.25) is 10.0 Å². The van der Waals surface area contributed by atoms with Crippen molar-refractivity contribution in [3.05, 3.63) is 24.3 Å². The highest BCUT2D eigenvalue weighted by Gasteiger charge is 2.32. The molecule has 0 saturated carbocycles. The zero-order chi connectivity index (χ0) is 18.6. The number of anilines is 1. The molecule has 1 fully saturated rings. The molecule has 0 bridgehead atoms. The van der Waals surface area contributed by atoms with Crippen molar-refractivity contribution in [2.45, 2.75) is 30.2 Å². The minimum Gasteiger partial charge on any atom is -0.365 e. The predicted octanol–water partition coefficient (Wildman–Crippen LogP) is -1.20. The molecule has 8 nitrogen and oxygen atoms in total. The van der Waals surface area contributed by atoms with Gasteiger partial charge in [-0.25, -0.2) is 12.7 Å². The number of rotatable bonds is 6. The second kappa shape index (κ2) is 7.94. The first-order valence-electron chi connectivity index (χ1n) is 8.18. The van der Waals surface area contributed by atoms with Gasteiger partial charge < -0.3 is 16.0 Å². The van der Waals surface area contributed by atoms with E-state index in [1.54, 1.807) is 12.1 Å². The van der Waals surface area contributed by atoms with Crippen molar-refractivity contribution in [3.63, 3.8) is 0 Å². The lowest BCUT2D eigenvalue weighted by atomic mass is 10.0. The number of carbonyl (C=O) groups is 2. The number of piperidine rings is 1. The smallest absolute Gasteiger partial charge is 0.279 e. The molecule has 2 amide bonds. The minimum atomic E-state index is -3.57. The first-order valence-corrected chi connectivity index (χ1v) is 9.62. The Morgan fingerprint density at radius 3 is 2.68 bits per heavy atom. The number of primary amides is 1. The Kier molecular flexibility index (Phi) is 6.15. The van der Waals surface area contributed by atoms with Crippen LogP contribution in [0.2, 0.25) is 0 Å². The molecule has 1 saturated heterocycles. The lowest BCUT2D eigenvalue weighted by Gasteiger charge is -2.29. The summed E-state index contributed by atoms with van der Waals surface area (Å²) in [6, 6.07) is 5.75. The summed E-state index contributed by atoms with van der Waals surface area (Å²) in [5.74, 6) is -0.663. The molecule has 1 aromatic rings. The molecule has 0 aromatic heterocycles. The van der Waals surface area contributed by atoms with Crippen molar-refractivity contribution in [2.24, 2.45) is 5.73 Å². The Morgan fingerprint density at radius 2 is 2.04 bits per heavy atom. The van der Waals surface area contributed by atoms with E-state index in [0.29, 0.717) is 12.1 Å². The van der Waals surface area contributed by atoms with Crippen LogP contribution in [0.15, 0.2) is 29.2 Å². The summed E-state index contributed by atoms with van der Waals surface area (Å²) < 4.78 is 25.4. The number of hydrogen-bond donors (Lipinski definition) is 3. The van der Waals surface area contributed by atoms with E-state index >= 15 is 0 Å². The number of nitrogens with two attached hydrogens (primary N) is 1. The Bertz CT molecular complexity index is 748. The van der Waals surface area contributed by atoms with E-state index in [-0.39, 0.29) is 29.3 Å². The number of quaternary nitrogens is 1. The van der Waals surface area contributed by atoms with Crippen molar-refractivity contribution < 1.29 is 22.9 Å². The zero-order valence-electron chi connectivity index (χ0n) is 14.5. The van der Waals surface area contributed by atoms with Gasteiger partial charge in [-0.1, -0.05) is 6.07 Å². The van der Waals surface area contributed by atoms with Crippen molar-refractivity contribution >= 4 is 27.5 Å². The summed E-state index contributed by atoms with van der Waals surface area (Å²) >= 11 is 0. The van der Waals surface area contributed by atoms with E-state index in [4.69, 9.17) is 5.73 Å². The first kappa shape index (κ1) is 19.4. The SMILES string of the molecule is CN(C)S(=O)(=O)c1cccc(NC(=O)C[NH+]2CCCC[C@@H]2C(N)=O)c1. The van der Waals surface area contributed by atoms with Gasteiger partial charge in [0, 0.05) is 26.2 Å². The van der Waals surface area contributed by atoms with Gasteiger partial charge in [0.25, 0.3) is 11.8 Å². The average molecular weight is 369 g/mol. The van der Waals surface area contributed by atoms with Crippen LogP contribution in [0.5, 0.6) is 0 Å². The molecule has 1 aliphatic rings. The molecule has 25 heavy (non-hydrogen) atoms. The summed E-state index contributed by atoms with van der Waals surface area (Å²) in [5.41, 5.74) is 5.82. The Hall–Kier alpha value is -1.97. The molecule has 0 radical (unpaired) electrons. The molecule has 9 heteroatoms. The molecule has 1 heterocycles. The van der Waals surface area contributed by atoms with Crippen LogP contribution < -0.4 is 16.0 Å². The van der Waals surface area contributed by atoms with Crippen molar-refractivity contribution in [3.8, 4) is 0 Å². The van der Waals surface area contributed by atoms with Gasteiger partial charge in [0.15, 0.2) is 12.6 Å². The number of amides is 2.